The second-order valence-corrected chi connectivity index (χ2v) is 2.54. The Morgan fingerprint density at radius 2 is 2.45 bits per heavy atom. The second-order valence-electron chi connectivity index (χ2n) is 2.54. The molecule has 1 heterocycles. The summed E-state index contributed by atoms with van der Waals surface area (Å²) in [5, 5.41) is 9.46. The van der Waals surface area contributed by atoms with Crippen molar-refractivity contribution in [2.24, 2.45) is 0 Å². The first-order chi connectivity index (χ1) is 5.22. The van der Waals surface area contributed by atoms with Gasteiger partial charge in [0.05, 0.1) is 0 Å². The number of rotatable bonds is 2. The Bertz CT molecular complexity index is 243. The molecular weight excluding hydrogens is 138 g/mol. The van der Waals surface area contributed by atoms with Crippen molar-refractivity contribution < 1.29 is 5.11 Å². The lowest BCUT2D eigenvalue weighted by atomic mass is 10.1. The minimum Gasteiger partial charge on any atom is -0.384 e. The van der Waals surface area contributed by atoms with E-state index >= 15 is 0 Å². The highest BCUT2D eigenvalue weighted by Gasteiger charge is 2.05. The van der Waals surface area contributed by atoms with Crippen molar-refractivity contribution in [2.75, 3.05) is 0 Å². The molecule has 1 rings (SSSR count). The lowest BCUT2D eigenvalue weighted by molar-refractivity contribution is 0.216. The van der Waals surface area contributed by atoms with Gasteiger partial charge in [0.15, 0.2) is 0 Å². The highest BCUT2D eigenvalue weighted by Crippen LogP contribution is 2.17. The smallest absolute Gasteiger partial charge is 0.101 e. The fourth-order valence-electron chi connectivity index (χ4n) is 0.822. The Kier molecular flexibility index (Phi) is 2.39. The maximum absolute atomic E-state index is 9.46. The van der Waals surface area contributed by atoms with Gasteiger partial charge in [0.1, 0.15) is 6.10 Å². The van der Waals surface area contributed by atoms with Crippen LogP contribution in [0.2, 0.25) is 0 Å². The van der Waals surface area contributed by atoms with Gasteiger partial charge in [0.25, 0.3) is 0 Å². The van der Waals surface area contributed by atoms with Crippen LogP contribution in [0.1, 0.15) is 18.6 Å². The molecule has 1 aromatic rings. The number of pyridine rings is 1. The molecule has 0 saturated carbocycles. The first-order valence-corrected chi connectivity index (χ1v) is 3.45. The molecule has 1 N–H and O–H groups in total. The van der Waals surface area contributed by atoms with Crippen LogP contribution in [0.5, 0.6) is 0 Å². The SMILES string of the molecule is C=C(C)[C@@H](O)c1cccnc1. The minimum absolute atomic E-state index is 0.580. The lowest BCUT2D eigenvalue weighted by Gasteiger charge is -2.08. The molecule has 2 nitrogen and oxygen atoms in total. The van der Waals surface area contributed by atoms with Gasteiger partial charge in [-0.05, 0) is 18.6 Å². The van der Waals surface area contributed by atoms with Crippen molar-refractivity contribution in [1.82, 2.24) is 4.98 Å². The first kappa shape index (κ1) is 7.95. The number of aromatic nitrogens is 1. The average Bonchev–Trinajstić information content (AvgIpc) is 2.05. The van der Waals surface area contributed by atoms with Gasteiger partial charge in [-0.25, -0.2) is 0 Å². The molecule has 0 radical (unpaired) electrons. The number of hydrogen-bond donors (Lipinski definition) is 1. The average molecular weight is 149 g/mol. The maximum Gasteiger partial charge on any atom is 0.101 e. The van der Waals surface area contributed by atoms with Crippen LogP contribution in [0, 0.1) is 0 Å². The van der Waals surface area contributed by atoms with E-state index in [0.29, 0.717) is 0 Å². The zero-order chi connectivity index (χ0) is 8.27. The number of aliphatic hydroxyl groups is 1. The van der Waals surface area contributed by atoms with Crippen LogP contribution < -0.4 is 0 Å². The quantitative estimate of drug-likeness (QED) is 0.649. The van der Waals surface area contributed by atoms with Gasteiger partial charge in [-0.3, -0.25) is 4.98 Å². The standard InChI is InChI=1S/C9H11NO/c1-7(2)9(11)8-4-3-5-10-6-8/h3-6,9,11H,1H2,2H3/t9-/m1/s1. The van der Waals surface area contributed by atoms with E-state index in [4.69, 9.17) is 0 Å². The molecule has 0 aromatic carbocycles. The summed E-state index contributed by atoms with van der Waals surface area (Å²) in [7, 11) is 0. The number of hydrogen-bond acceptors (Lipinski definition) is 2. The first-order valence-electron chi connectivity index (χ1n) is 3.45. The van der Waals surface area contributed by atoms with E-state index in [1.54, 1.807) is 25.4 Å². The Morgan fingerprint density at radius 3 is 2.91 bits per heavy atom. The van der Waals surface area contributed by atoms with Gasteiger partial charge in [0, 0.05) is 18.0 Å². The fraction of sp³-hybridized carbons (Fsp3) is 0.222. The molecule has 0 fully saturated rings. The van der Waals surface area contributed by atoms with Gasteiger partial charge >= 0.3 is 0 Å². The number of nitrogens with zero attached hydrogens (tertiary/aromatic N) is 1. The number of aliphatic hydroxyl groups excluding tert-OH is 1. The van der Waals surface area contributed by atoms with Crippen LogP contribution in [-0.4, -0.2) is 10.1 Å². The predicted molar refractivity (Wildman–Crippen MR) is 44.0 cm³/mol. The largest absolute Gasteiger partial charge is 0.384 e. The Hall–Kier alpha value is -1.15. The van der Waals surface area contributed by atoms with E-state index < -0.39 is 6.10 Å². The molecule has 1 aromatic heterocycles. The molecule has 0 unspecified atom stereocenters. The van der Waals surface area contributed by atoms with Gasteiger partial charge in [-0.2, -0.15) is 0 Å². The Morgan fingerprint density at radius 1 is 1.73 bits per heavy atom. The topological polar surface area (TPSA) is 33.1 Å². The summed E-state index contributed by atoms with van der Waals surface area (Å²) in [6.45, 7) is 5.44. The van der Waals surface area contributed by atoms with Crippen molar-refractivity contribution >= 4 is 0 Å². The van der Waals surface area contributed by atoms with E-state index in [1.165, 1.54) is 0 Å². The Balaban J connectivity index is 2.85. The van der Waals surface area contributed by atoms with E-state index in [1.807, 2.05) is 6.07 Å². The van der Waals surface area contributed by atoms with Crippen LogP contribution in [0.25, 0.3) is 0 Å². The molecule has 11 heavy (non-hydrogen) atoms. The minimum atomic E-state index is -0.580. The molecular formula is C9H11NO. The van der Waals surface area contributed by atoms with E-state index in [-0.39, 0.29) is 0 Å². The summed E-state index contributed by atoms with van der Waals surface area (Å²) >= 11 is 0. The molecule has 0 bridgehead atoms. The second kappa shape index (κ2) is 3.30. The van der Waals surface area contributed by atoms with Crippen molar-refractivity contribution in [3.8, 4) is 0 Å². The van der Waals surface area contributed by atoms with Gasteiger partial charge in [0.2, 0.25) is 0 Å². The highest BCUT2D eigenvalue weighted by atomic mass is 16.3. The molecule has 0 aliphatic rings. The van der Waals surface area contributed by atoms with Crippen molar-refractivity contribution in [3.63, 3.8) is 0 Å². The molecule has 0 saturated heterocycles. The van der Waals surface area contributed by atoms with Crippen molar-refractivity contribution in [2.45, 2.75) is 13.0 Å². The maximum atomic E-state index is 9.46. The molecule has 2 heteroatoms. The van der Waals surface area contributed by atoms with Crippen molar-refractivity contribution in [3.05, 3.63) is 42.2 Å². The van der Waals surface area contributed by atoms with Crippen LogP contribution in [-0.2, 0) is 0 Å². The third-order valence-electron chi connectivity index (χ3n) is 1.47. The molecule has 0 spiro atoms. The van der Waals surface area contributed by atoms with Gasteiger partial charge in [-0.1, -0.05) is 12.6 Å². The molecule has 0 aliphatic carbocycles. The molecule has 1 atom stereocenters. The fourth-order valence-corrected chi connectivity index (χ4v) is 0.822. The summed E-state index contributed by atoms with van der Waals surface area (Å²) in [5.74, 6) is 0. The summed E-state index contributed by atoms with van der Waals surface area (Å²) < 4.78 is 0. The van der Waals surface area contributed by atoms with Crippen LogP contribution in [0.3, 0.4) is 0 Å². The molecule has 0 amide bonds. The normalized spacial score (nSPS) is 12.5. The third kappa shape index (κ3) is 1.88. The molecule has 0 aliphatic heterocycles. The summed E-state index contributed by atoms with van der Waals surface area (Å²) in [5.41, 5.74) is 1.53. The van der Waals surface area contributed by atoms with Crippen LogP contribution in [0.4, 0.5) is 0 Å². The predicted octanol–water partition coefficient (Wildman–Crippen LogP) is 1.69. The molecule has 58 valence electrons. The third-order valence-corrected chi connectivity index (χ3v) is 1.47. The monoisotopic (exact) mass is 149 g/mol. The summed E-state index contributed by atoms with van der Waals surface area (Å²) in [4.78, 5) is 3.89. The summed E-state index contributed by atoms with van der Waals surface area (Å²) in [6.07, 6.45) is 2.73. The van der Waals surface area contributed by atoms with Crippen LogP contribution >= 0.6 is 0 Å². The van der Waals surface area contributed by atoms with Gasteiger partial charge < -0.3 is 5.11 Å². The Labute approximate surface area is 66.2 Å². The van der Waals surface area contributed by atoms with E-state index in [0.717, 1.165) is 11.1 Å². The highest BCUT2D eigenvalue weighted by molar-refractivity contribution is 5.19. The van der Waals surface area contributed by atoms with E-state index in [9.17, 15) is 5.11 Å². The van der Waals surface area contributed by atoms with Crippen LogP contribution in [0.15, 0.2) is 36.7 Å². The zero-order valence-electron chi connectivity index (χ0n) is 6.49. The lowest BCUT2D eigenvalue weighted by Crippen LogP contribution is -1.97. The summed E-state index contributed by atoms with van der Waals surface area (Å²) in [6, 6.07) is 3.62. The zero-order valence-corrected chi connectivity index (χ0v) is 6.49. The van der Waals surface area contributed by atoms with Gasteiger partial charge in [-0.15, -0.1) is 0 Å². The van der Waals surface area contributed by atoms with Crippen molar-refractivity contribution in [1.29, 1.82) is 0 Å². The van der Waals surface area contributed by atoms with E-state index in [2.05, 4.69) is 11.6 Å².